The van der Waals surface area contributed by atoms with Gasteiger partial charge in [-0.05, 0) is 30.0 Å². The maximum absolute atomic E-state index is 10.1. The molecule has 1 N–H and O–H groups in total. The van der Waals surface area contributed by atoms with E-state index in [1.165, 1.54) is 0 Å². The SMILES string of the molecule is CC1(CC(O)c2ccco2)C=CC=C(OI)C1. The lowest BCUT2D eigenvalue weighted by Gasteiger charge is -2.30. The van der Waals surface area contributed by atoms with Gasteiger partial charge in [-0.2, -0.15) is 0 Å². The zero-order valence-electron chi connectivity index (χ0n) is 9.60. The first-order chi connectivity index (χ1) is 8.13. The van der Waals surface area contributed by atoms with E-state index in [0.717, 1.165) is 12.2 Å². The molecule has 0 bridgehead atoms. The lowest BCUT2D eigenvalue weighted by molar-refractivity contribution is 0.101. The Labute approximate surface area is 115 Å². The molecule has 1 aromatic heterocycles. The largest absolute Gasteiger partial charge is 0.467 e. The summed E-state index contributed by atoms with van der Waals surface area (Å²) in [5.74, 6) is 1.55. The number of furan rings is 1. The average Bonchev–Trinajstić information content (AvgIpc) is 2.82. The van der Waals surface area contributed by atoms with Gasteiger partial charge in [0.05, 0.1) is 6.26 Å². The van der Waals surface area contributed by atoms with E-state index in [-0.39, 0.29) is 5.41 Å². The second-order valence-corrected chi connectivity index (χ2v) is 5.08. The quantitative estimate of drug-likeness (QED) is 0.841. The van der Waals surface area contributed by atoms with Crippen molar-refractivity contribution in [1.29, 1.82) is 0 Å². The molecule has 0 aromatic carbocycles. The first-order valence-corrected chi connectivity index (χ1v) is 6.39. The number of hydrogen-bond acceptors (Lipinski definition) is 3. The van der Waals surface area contributed by atoms with Gasteiger partial charge in [-0.25, -0.2) is 0 Å². The van der Waals surface area contributed by atoms with Crippen LogP contribution in [0.25, 0.3) is 0 Å². The molecule has 0 radical (unpaired) electrons. The van der Waals surface area contributed by atoms with E-state index >= 15 is 0 Å². The molecule has 2 rings (SSSR count). The average molecular weight is 346 g/mol. The summed E-state index contributed by atoms with van der Waals surface area (Å²) in [6.45, 7) is 2.11. The van der Waals surface area contributed by atoms with Crippen molar-refractivity contribution in [3.8, 4) is 0 Å². The first kappa shape index (κ1) is 12.7. The number of halogens is 1. The van der Waals surface area contributed by atoms with Crippen molar-refractivity contribution in [2.75, 3.05) is 0 Å². The molecule has 0 amide bonds. The summed E-state index contributed by atoms with van der Waals surface area (Å²) in [6, 6.07) is 3.59. The van der Waals surface area contributed by atoms with Gasteiger partial charge in [0.15, 0.2) is 23.0 Å². The minimum absolute atomic E-state index is 0.0958. The minimum atomic E-state index is -0.576. The highest BCUT2D eigenvalue weighted by Gasteiger charge is 2.29. The summed E-state index contributed by atoms with van der Waals surface area (Å²) in [7, 11) is 0. The molecule has 0 saturated carbocycles. The van der Waals surface area contributed by atoms with Crippen LogP contribution in [0.4, 0.5) is 0 Å². The molecule has 4 heteroatoms. The van der Waals surface area contributed by atoms with Gasteiger partial charge in [0.2, 0.25) is 0 Å². The van der Waals surface area contributed by atoms with Crippen LogP contribution in [0.15, 0.2) is 46.8 Å². The van der Waals surface area contributed by atoms with Gasteiger partial charge < -0.3 is 12.6 Å². The van der Waals surface area contributed by atoms with Crippen LogP contribution in [0, 0.1) is 5.41 Å². The van der Waals surface area contributed by atoms with Gasteiger partial charge in [0, 0.05) is 6.42 Å². The van der Waals surface area contributed by atoms with Gasteiger partial charge in [0.1, 0.15) is 17.6 Å². The van der Waals surface area contributed by atoms with Crippen LogP contribution in [-0.2, 0) is 3.07 Å². The highest BCUT2D eigenvalue weighted by atomic mass is 127. The second kappa shape index (κ2) is 5.27. The molecule has 2 unspecified atom stereocenters. The molecule has 1 aliphatic rings. The van der Waals surface area contributed by atoms with Crippen LogP contribution >= 0.6 is 23.0 Å². The number of aliphatic hydroxyl groups excluding tert-OH is 1. The van der Waals surface area contributed by atoms with Crippen LogP contribution in [-0.4, -0.2) is 5.11 Å². The maximum Gasteiger partial charge on any atom is 0.192 e. The lowest BCUT2D eigenvalue weighted by atomic mass is 9.78. The van der Waals surface area contributed by atoms with Gasteiger partial charge in [-0.3, -0.25) is 0 Å². The van der Waals surface area contributed by atoms with Crippen LogP contribution < -0.4 is 0 Å². The van der Waals surface area contributed by atoms with Crippen molar-refractivity contribution in [3.05, 3.63) is 48.1 Å². The number of rotatable bonds is 4. The number of aliphatic hydroxyl groups is 1. The zero-order chi connectivity index (χ0) is 12.3. The summed E-state index contributed by atoms with van der Waals surface area (Å²) in [6.07, 6.45) is 8.46. The third-order valence-electron chi connectivity index (χ3n) is 2.99. The monoisotopic (exact) mass is 346 g/mol. The Hall–Kier alpha value is -0.750. The van der Waals surface area contributed by atoms with E-state index in [9.17, 15) is 5.11 Å². The molecular formula is C13H15IO3. The predicted octanol–water partition coefficient (Wildman–Crippen LogP) is 3.92. The van der Waals surface area contributed by atoms with Crippen molar-refractivity contribution < 1.29 is 12.6 Å². The molecule has 17 heavy (non-hydrogen) atoms. The Balaban J connectivity index is 2.04. The highest BCUT2D eigenvalue weighted by molar-refractivity contribution is 14.1. The molecule has 1 aliphatic carbocycles. The van der Waals surface area contributed by atoms with Gasteiger partial charge >= 0.3 is 0 Å². The fourth-order valence-corrected chi connectivity index (χ4v) is 2.42. The normalized spacial score (nSPS) is 25.5. The topological polar surface area (TPSA) is 42.6 Å². The van der Waals surface area contributed by atoms with Crippen LogP contribution in [0.3, 0.4) is 0 Å². The molecule has 2 atom stereocenters. The summed E-state index contributed by atoms with van der Waals surface area (Å²) in [5.41, 5.74) is -0.0958. The molecule has 92 valence electrons. The van der Waals surface area contributed by atoms with Gasteiger partial charge in [-0.15, -0.1) is 0 Å². The van der Waals surface area contributed by atoms with E-state index in [0.29, 0.717) is 12.2 Å². The fourth-order valence-electron chi connectivity index (χ4n) is 2.12. The third kappa shape index (κ3) is 3.13. The van der Waals surface area contributed by atoms with E-state index < -0.39 is 6.10 Å². The zero-order valence-corrected chi connectivity index (χ0v) is 11.8. The maximum atomic E-state index is 10.1. The highest BCUT2D eigenvalue weighted by Crippen LogP contribution is 2.40. The van der Waals surface area contributed by atoms with E-state index in [1.807, 2.05) is 35.2 Å². The van der Waals surface area contributed by atoms with E-state index in [1.54, 1.807) is 18.4 Å². The summed E-state index contributed by atoms with van der Waals surface area (Å²) >= 11 is 1.88. The van der Waals surface area contributed by atoms with Crippen molar-refractivity contribution in [3.63, 3.8) is 0 Å². The second-order valence-electron chi connectivity index (χ2n) is 4.64. The van der Waals surface area contributed by atoms with Crippen molar-refractivity contribution in [2.45, 2.75) is 25.9 Å². The third-order valence-corrected chi connectivity index (χ3v) is 3.55. The number of hydrogen-bond donors (Lipinski definition) is 1. The first-order valence-electron chi connectivity index (χ1n) is 5.51. The molecule has 3 nitrogen and oxygen atoms in total. The standard InChI is InChI=1S/C13H15IO3/c1-13(6-2-4-10(8-13)17-14)9-11(15)12-5-3-7-16-12/h2-7,11,15H,8-9H2,1H3. The molecule has 1 aromatic rings. The molecule has 0 aliphatic heterocycles. The van der Waals surface area contributed by atoms with Crippen molar-refractivity contribution >= 4 is 23.0 Å². The van der Waals surface area contributed by atoms with Gasteiger partial charge in [-0.1, -0.05) is 19.1 Å². The number of allylic oxidation sites excluding steroid dienone is 4. The van der Waals surface area contributed by atoms with E-state index in [2.05, 4.69) is 13.0 Å². The Morgan fingerprint density at radius 2 is 2.47 bits per heavy atom. The molecule has 0 saturated heterocycles. The molecular weight excluding hydrogens is 331 g/mol. The van der Waals surface area contributed by atoms with E-state index in [4.69, 9.17) is 7.48 Å². The van der Waals surface area contributed by atoms with Crippen molar-refractivity contribution in [2.24, 2.45) is 5.41 Å². The summed E-state index contributed by atoms with van der Waals surface area (Å²) in [5, 5.41) is 10.1. The minimum Gasteiger partial charge on any atom is -0.467 e. The van der Waals surface area contributed by atoms with Crippen LogP contribution in [0.5, 0.6) is 0 Å². The Morgan fingerprint density at radius 3 is 3.12 bits per heavy atom. The smallest absolute Gasteiger partial charge is 0.192 e. The molecule has 1 heterocycles. The van der Waals surface area contributed by atoms with Crippen LogP contribution in [0.2, 0.25) is 0 Å². The Morgan fingerprint density at radius 1 is 1.65 bits per heavy atom. The van der Waals surface area contributed by atoms with Crippen molar-refractivity contribution in [1.82, 2.24) is 0 Å². The Kier molecular flexibility index (Phi) is 3.93. The predicted molar refractivity (Wildman–Crippen MR) is 73.3 cm³/mol. The Bertz CT molecular complexity index is 422. The molecule has 0 spiro atoms. The summed E-state index contributed by atoms with van der Waals surface area (Å²) in [4.78, 5) is 0. The molecule has 0 fully saturated rings. The van der Waals surface area contributed by atoms with Gasteiger partial charge in [0.25, 0.3) is 0 Å². The summed E-state index contributed by atoms with van der Waals surface area (Å²) < 4.78 is 10.4. The fraction of sp³-hybridized carbons (Fsp3) is 0.385. The lowest BCUT2D eigenvalue weighted by Crippen LogP contribution is -2.20. The van der Waals surface area contributed by atoms with Crippen LogP contribution in [0.1, 0.15) is 31.6 Å².